The van der Waals surface area contributed by atoms with Crippen LogP contribution in [0, 0.1) is 0 Å². The summed E-state index contributed by atoms with van der Waals surface area (Å²) in [6.45, 7) is 1.23. The van der Waals surface area contributed by atoms with E-state index in [0.717, 1.165) is 0 Å². The number of carbonyl (C=O) groups excluding carboxylic acids is 2. The molecule has 3 amide bonds. The number of hydrogen-bond donors (Lipinski definition) is 4. The highest BCUT2D eigenvalue weighted by atomic mass is 35.5. The van der Waals surface area contributed by atoms with E-state index in [9.17, 15) is 27.9 Å². The van der Waals surface area contributed by atoms with E-state index in [4.69, 9.17) is 29.6 Å². The Morgan fingerprint density at radius 2 is 1.82 bits per heavy atom. The first kappa shape index (κ1) is 21.5. The van der Waals surface area contributed by atoms with Gasteiger partial charge < -0.3 is 16.2 Å². The number of para-hydroxylation sites is 1. The molecule has 0 saturated heterocycles. The van der Waals surface area contributed by atoms with Gasteiger partial charge in [-0.15, -0.1) is 0 Å². The van der Waals surface area contributed by atoms with E-state index in [1.54, 1.807) is 6.07 Å². The molecule has 2 rings (SSSR count). The van der Waals surface area contributed by atoms with Gasteiger partial charge in [0.1, 0.15) is 10.7 Å². The average Bonchev–Trinajstić information content (AvgIpc) is 2.55. The minimum absolute atomic E-state index is 0.142. The molecule has 2 aromatic rings. The largest absolute Gasteiger partial charge is 0.506 e. The number of primary amides is 1. The molecule has 0 fully saturated rings. The van der Waals surface area contributed by atoms with E-state index in [0.29, 0.717) is 6.07 Å². The molecule has 28 heavy (non-hydrogen) atoms. The van der Waals surface area contributed by atoms with Crippen LogP contribution in [-0.4, -0.2) is 22.0 Å². The van der Waals surface area contributed by atoms with Gasteiger partial charge in [0.25, 0.3) is 0 Å². The Kier molecular flexibility index (Phi) is 6.15. The molecule has 0 aliphatic heterocycles. The van der Waals surface area contributed by atoms with E-state index in [-0.39, 0.29) is 16.8 Å². The molecule has 0 heterocycles. The first-order valence-corrected chi connectivity index (χ1v) is 8.32. The topological polar surface area (TPSA) is 104 Å². The molecule has 0 radical (unpaired) electrons. The number of benzene rings is 2. The number of anilines is 1. The minimum Gasteiger partial charge on any atom is -0.506 e. The Morgan fingerprint density at radius 1 is 1.21 bits per heavy atom. The van der Waals surface area contributed by atoms with Crippen LogP contribution in [-0.2, 0) is 11.0 Å². The van der Waals surface area contributed by atoms with E-state index in [1.165, 1.54) is 25.1 Å². The van der Waals surface area contributed by atoms with Crippen LogP contribution in [0.5, 0.6) is 5.75 Å². The van der Waals surface area contributed by atoms with Crippen molar-refractivity contribution >= 4 is 46.4 Å². The second-order valence-corrected chi connectivity index (χ2v) is 6.34. The molecule has 6 nitrogen and oxygen atoms in total. The normalized spacial score (nSPS) is 11.0. The van der Waals surface area contributed by atoms with Gasteiger partial charge in [-0.05, 0) is 12.1 Å². The van der Waals surface area contributed by atoms with Crippen molar-refractivity contribution in [2.75, 3.05) is 5.32 Å². The van der Waals surface area contributed by atoms with Crippen LogP contribution in [0.4, 0.5) is 23.7 Å². The lowest BCUT2D eigenvalue weighted by atomic mass is 9.96. The Balaban J connectivity index is 2.80. The minimum atomic E-state index is -4.95. The van der Waals surface area contributed by atoms with Crippen LogP contribution < -0.4 is 16.4 Å². The number of aromatic hydroxyl groups is 1. The van der Waals surface area contributed by atoms with Gasteiger partial charge in [0.15, 0.2) is 0 Å². The van der Waals surface area contributed by atoms with Crippen molar-refractivity contribution < 1.29 is 27.9 Å². The number of urea groups is 1. The van der Waals surface area contributed by atoms with Gasteiger partial charge in [-0.2, -0.15) is 13.2 Å². The van der Waals surface area contributed by atoms with Gasteiger partial charge in [-0.25, -0.2) is 4.79 Å². The number of hydrogen-bond acceptors (Lipinski definition) is 4. The van der Waals surface area contributed by atoms with Crippen LogP contribution in [0.1, 0.15) is 18.1 Å². The van der Waals surface area contributed by atoms with Crippen molar-refractivity contribution in [2.45, 2.75) is 13.1 Å². The average molecular weight is 432 g/mol. The molecule has 2 aromatic carbocycles. The van der Waals surface area contributed by atoms with Crippen LogP contribution in [0.15, 0.2) is 30.3 Å². The second kappa shape index (κ2) is 8.03. The summed E-state index contributed by atoms with van der Waals surface area (Å²) in [6, 6.07) is 5.44. The monoisotopic (exact) mass is 431 g/mol. The van der Waals surface area contributed by atoms with E-state index >= 15 is 0 Å². The predicted molar refractivity (Wildman–Crippen MR) is 102 cm³/mol. The third-order valence-electron chi connectivity index (χ3n) is 3.54. The molecule has 5 N–H and O–H groups in total. The summed E-state index contributed by atoms with van der Waals surface area (Å²) < 4.78 is 40.9. The lowest BCUT2D eigenvalue weighted by molar-refractivity contribution is -0.137. The van der Waals surface area contributed by atoms with E-state index in [2.05, 4.69) is 5.32 Å². The number of thiocarbonyl (C=S) groups is 1. The maximum Gasteiger partial charge on any atom is 0.417 e. The highest BCUT2D eigenvalue weighted by Gasteiger charge is 2.38. The fourth-order valence-corrected chi connectivity index (χ4v) is 3.04. The number of nitrogens with two attached hydrogens (primary N) is 1. The smallest absolute Gasteiger partial charge is 0.417 e. The maximum absolute atomic E-state index is 13.6. The summed E-state index contributed by atoms with van der Waals surface area (Å²) in [5, 5.41) is 14.2. The number of rotatable bonds is 3. The quantitative estimate of drug-likeness (QED) is 0.550. The Hall–Kier alpha value is -2.85. The van der Waals surface area contributed by atoms with Gasteiger partial charge in [0.05, 0.1) is 16.1 Å². The summed E-state index contributed by atoms with van der Waals surface area (Å²) in [7, 11) is 0. The van der Waals surface area contributed by atoms with Gasteiger partial charge in [-0.1, -0.05) is 42.0 Å². The van der Waals surface area contributed by atoms with Crippen LogP contribution in [0.25, 0.3) is 11.1 Å². The second-order valence-electron chi connectivity index (χ2n) is 5.55. The van der Waals surface area contributed by atoms with Gasteiger partial charge in [0.2, 0.25) is 5.91 Å². The van der Waals surface area contributed by atoms with Crippen LogP contribution in [0.2, 0.25) is 5.02 Å². The van der Waals surface area contributed by atoms with Gasteiger partial charge in [0, 0.05) is 23.7 Å². The molecule has 0 aliphatic rings. The predicted octanol–water partition coefficient (Wildman–Crippen LogP) is 4.03. The first-order valence-electron chi connectivity index (χ1n) is 7.54. The standard InChI is InChI=1S/C17H13ClF3N3O3S/c1-7(25)23-11-5-3-2-4-8(11)9-6-10(17(19,20)21)12(14(26)13(9)18)15(28)24-16(22)27/h2-6,26H,1H3,(H,23,25)(H3,22,24,27,28). The van der Waals surface area contributed by atoms with Crippen molar-refractivity contribution in [3.63, 3.8) is 0 Å². The number of alkyl halides is 3. The fourth-order valence-electron chi connectivity index (χ4n) is 2.49. The summed E-state index contributed by atoms with van der Waals surface area (Å²) in [5.41, 5.74) is 2.82. The maximum atomic E-state index is 13.6. The molecule has 0 bridgehead atoms. The number of halogens is 4. The third kappa shape index (κ3) is 4.52. The molecule has 0 saturated carbocycles. The zero-order valence-electron chi connectivity index (χ0n) is 14.1. The van der Waals surface area contributed by atoms with Gasteiger partial charge in [-0.3, -0.25) is 10.1 Å². The first-order chi connectivity index (χ1) is 12.9. The van der Waals surface area contributed by atoms with Crippen molar-refractivity contribution in [1.29, 1.82) is 0 Å². The zero-order valence-corrected chi connectivity index (χ0v) is 15.7. The Bertz CT molecular complexity index is 980. The number of amides is 3. The fraction of sp³-hybridized carbons (Fsp3) is 0.118. The van der Waals surface area contributed by atoms with Crippen molar-refractivity contribution in [2.24, 2.45) is 5.73 Å². The molecule has 0 aliphatic carbocycles. The lowest BCUT2D eigenvalue weighted by Crippen LogP contribution is -2.35. The van der Waals surface area contributed by atoms with Crippen molar-refractivity contribution in [1.82, 2.24) is 5.32 Å². The third-order valence-corrected chi connectivity index (χ3v) is 4.23. The van der Waals surface area contributed by atoms with E-state index in [1.807, 2.05) is 5.32 Å². The summed E-state index contributed by atoms with van der Waals surface area (Å²) in [5.74, 6) is -1.44. The van der Waals surface area contributed by atoms with E-state index < -0.39 is 45.0 Å². The number of phenols is 1. The summed E-state index contributed by atoms with van der Waals surface area (Å²) in [6.07, 6.45) is -4.95. The van der Waals surface area contributed by atoms with Crippen molar-refractivity contribution in [3.05, 3.63) is 46.5 Å². The van der Waals surface area contributed by atoms with Crippen LogP contribution >= 0.6 is 23.8 Å². The highest BCUT2D eigenvalue weighted by Crippen LogP contribution is 2.46. The summed E-state index contributed by atoms with van der Waals surface area (Å²) >= 11 is 10.9. The molecule has 0 atom stereocenters. The molecule has 0 aromatic heterocycles. The van der Waals surface area contributed by atoms with Gasteiger partial charge >= 0.3 is 12.2 Å². The molecule has 0 unspecified atom stereocenters. The number of phenolic OH excluding ortho intramolecular Hbond substituents is 1. The summed E-state index contributed by atoms with van der Waals surface area (Å²) in [4.78, 5) is 21.6. The molecule has 11 heteroatoms. The number of nitrogens with one attached hydrogen (secondary N) is 2. The SMILES string of the molecule is CC(=O)Nc1ccccc1-c1cc(C(F)(F)F)c(C(=S)NC(N)=O)c(O)c1Cl. The zero-order chi connectivity index (χ0) is 21.2. The Morgan fingerprint density at radius 3 is 2.36 bits per heavy atom. The van der Waals surface area contributed by atoms with Crippen molar-refractivity contribution in [3.8, 4) is 16.9 Å². The van der Waals surface area contributed by atoms with Crippen LogP contribution in [0.3, 0.4) is 0 Å². The molecular weight excluding hydrogens is 419 g/mol. The highest BCUT2D eigenvalue weighted by molar-refractivity contribution is 7.80. The molecule has 0 spiro atoms. The Labute approximate surface area is 167 Å². The molecule has 148 valence electrons. The number of carbonyl (C=O) groups is 2. The lowest BCUT2D eigenvalue weighted by Gasteiger charge is -2.20. The molecular formula is C17H13ClF3N3O3S.